The molecule has 0 aromatic rings. The zero-order valence-electron chi connectivity index (χ0n) is 9.29. The summed E-state index contributed by atoms with van der Waals surface area (Å²) in [5.74, 6) is 0.119. The summed E-state index contributed by atoms with van der Waals surface area (Å²) < 4.78 is 0. The van der Waals surface area contributed by atoms with Crippen molar-refractivity contribution in [3.8, 4) is 0 Å². The molecule has 6 nitrogen and oxygen atoms in total. The van der Waals surface area contributed by atoms with Gasteiger partial charge in [0.05, 0.1) is 6.54 Å². The molecule has 0 aliphatic heterocycles. The maximum atomic E-state index is 11.3. The molecule has 15 heavy (non-hydrogen) atoms. The number of carbonyl (C=O) groups excluding carboxylic acids is 1. The summed E-state index contributed by atoms with van der Waals surface area (Å²) in [4.78, 5) is 11.3. The van der Waals surface area contributed by atoms with E-state index in [1.807, 2.05) is 13.8 Å². The van der Waals surface area contributed by atoms with E-state index in [4.69, 9.17) is 10.9 Å². The first-order chi connectivity index (χ1) is 7.10. The Bertz CT molecular complexity index is 218. The van der Waals surface area contributed by atoms with Crippen LogP contribution < -0.4 is 16.4 Å². The first-order valence-electron chi connectivity index (χ1n) is 5.06. The summed E-state index contributed by atoms with van der Waals surface area (Å²) in [6.45, 7) is 4.77. The van der Waals surface area contributed by atoms with Gasteiger partial charge >= 0.3 is 0 Å². The lowest BCUT2D eigenvalue weighted by atomic mass is 10.2. The summed E-state index contributed by atoms with van der Waals surface area (Å²) in [6.07, 6.45) is 1.31. The number of hydrogen-bond acceptors (Lipinski definition) is 4. The van der Waals surface area contributed by atoms with E-state index >= 15 is 0 Å². The van der Waals surface area contributed by atoms with Crippen LogP contribution in [-0.2, 0) is 4.79 Å². The molecule has 1 atom stereocenters. The Morgan fingerprint density at radius 2 is 2.27 bits per heavy atom. The van der Waals surface area contributed by atoms with E-state index in [9.17, 15) is 4.79 Å². The highest BCUT2D eigenvalue weighted by Crippen LogP contribution is 1.88. The number of oxime groups is 1. The molecule has 0 spiro atoms. The standard InChI is InChI=1S/C9H20N4O2/c1-3-7(2)12-9(14)4-5-11-6-8(10)13-15/h7,11,15H,3-6H2,1-2H3,(H2,10,13)(H,12,14). The van der Waals surface area contributed by atoms with Crippen molar-refractivity contribution in [3.05, 3.63) is 0 Å². The number of rotatable bonds is 7. The number of nitrogens with two attached hydrogens (primary N) is 1. The third-order valence-corrected chi connectivity index (χ3v) is 1.98. The SMILES string of the molecule is CCC(C)NC(=O)CCNCC(N)=NO. The van der Waals surface area contributed by atoms with E-state index in [1.165, 1.54) is 0 Å². The van der Waals surface area contributed by atoms with Crippen molar-refractivity contribution in [2.24, 2.45) is 10.9 Å². The van der Waals surface area contributed by atoms with Crippen molar-refractivity contribution < 1.29 is 10.0 Å². The minimum Gasteiger partial charge on any atom is -0.409 e. The molecule has 0 rings (SSSR count). The van der Waals surface area contributed by atoms with Crippen LogP contribution in [0.4, 0.5) is 0 Å². The molecular formula is C9H20N4O2. The third-order valence-electron chi connectivity index (χ3n) is 1.98. The monoisotopic (exact) mass is 216 g/mol. The van der Waals surface area contributed by atoms with Crippen LogP contribution in [0.1, 0.15) is 26.7 Å². The van der Waals surface area contributed by atoms with E-state index < -0.39 is 0 Å². The number of carbonyl (C=O) groups is 1. The minimum atomic E-state index is 0.0105. The molecule has 0 aliphatic carbocycles. The van der Waals surface area contributed by atoms with Crippen molar-refractivity contribution in [2.75, 3.05) is 13.1 Å². The van der Waals surface area contributed by atoms with Gasteiger partial charge in [-0.25, -0.2) is 0 Å². The zero-order chi connectivity index (χ0) is 11.7. The molecule has 1 amide bonds. The normalized spacial score (nSPS) is 13.6. The van der Waals surface area contributed by atoms with Gasteiger partial charge in [0.1, 0.15) is 0 Å². The fourth-order valence-electron chi connectivity index (χ4n) is 0.903. The fraction of sp³-hybridized carbons (Fsp3) is 0.778. The van der Waals surface area contributed by atoms with E-state index in [2.05, 4.69) is 15.8 Å². The second-order valence-corrected chi connectivity index (χ2v) is 3.39. The van der Waals surface area contributed by atoms with Crippen LogP contribution in [0, 0.1) is 0 Å². The molecule has 0 aromatic heterocycles. The largest absolute Gasteiger partial charge is 0.409 e. The van der Waals surface area contributed by atoms with Crippen LogP contribution in [0.2, 0.25) is 0 Å². The molecule has 6 heteroatoms. The van der Waals surface area contributed by atoms with Gasteiger partial charge in [-0.2, -0.15) is 0 Å². The van der Waals surface area contributed by atoms with Crippen molar-refractivity contribution >= 4 is 11.7 Å². The highest BCUT2D eigenvalue weighted by molar-refractivity contribution is 5.81. The van der Waals surface area contributed by atoms with Gasteiger partial charge < -0.3 is 21.6 Å². The summed E-state index contributed by atoms with van der Waals surface area (Å²) in [5.41, 5.74) is 5.23. The van der Waals surface area contributed by atoms with E-state index in [-0.39, 0.29) is 24.3 Å². The summed E-state index contributed by atoms with van der Waals surface area (Å²) >= 11 is 0. The van der Waals surface area contributed by atoms with Gasteiger partial charge in [-0.3, -0.25) is 4.79 Å². The number of amidine groups is 1. The number of hydrogen-bond donors (Lipinski definition) is 4. The molecular weight excluding hydrogens is 196 g/mol. The van der Waals surface area contributed by atoms with Crippen molar-refractivity contribution in [1.29, 1.82) is 0 Å². The molecule has 0 bridgehead atoms. The highest BCUT2D eigenvalue weighted by Gasteiger charge is 2.04. The van der Waals surface area contributed by atoms with Crippen LogP contribution in [0.15, 0.2) is 5.16 Å². The molecule has 0 aliphatic rings. The highest BCUT2D eigenvalue weighted by atomic mass is 16.4. The van der Waals surface area contributed by atoms with Gasteiger partial charge in [0.25, 0.3) is 0 Å². The van der Waals surface area contributed by atoms with Crippen LogP contribution in [0.3, 0.4) is 0 Å². The van der Waals surface area contributed by atoms with Gasteiger partial charge in [0, 0.05) is 19.0 Å². The van der Waals surface area contributed by atoms with Gasteiger partial charge in [-0.1, -0.05) is 12.1 Å². The van der Waals surface area contributed by atoms with E-state index in [0.717, 1.165) is 6.42 Å². The lowest BCUT2D eigenvalue weighted by Gasteiger charge is -2.11. The Morgan fingerprint density at radius 3 is 2.80 bits per heavy atom. The second-order valence-electron chi connectivity index (χ2n) is 3.39. The fourth-order valence-corrected chi connectivity index (χ4v) is 0.903. The van der Waals surface area contributed by atoms with Crippen LogP contribution >= 0.6 is 0 Å². The predicted octanol–water partition coefficient (Wildman–Crippen LogP) is -0.373. The predicted molar refractivity (Wildman–Crippen MR) is 58.8 cm³/mol. The van der Waals surface area contributed by atoms with Crippen molar-refractivity contribution in [3.63, 3.8) is 0 Å². The van der Waals surface area contributed by atoms with Gasteiger partial charge in [0.2, 0.25) is 5.91 Å². The molecule has 0 aromatic carbocycles. The van der Waals surface area contributed by atoms with Crippen molar-refractivity contribution in [2.45, 2.75) is 32.7 Å². The molecule has 0 saturated carbocycles. The Balaban J connectivity index is 3.47. The minimum absolute atomic E-state index is 0.0105. The average molecular weight is 216 g/mol. The Labute approximate surface area is 89.9 Å². The maximum Gasteiger partial charge on any atom is 0.221 e. The summed E-state index contributed by atoms with van der Waals surface area (Å²) in [7, 11) is 0. The zero-order valence-corrected chi connectivity index (χ0v) is 9.29. The lowest BCUT2D eigenvalue weighted by molar-refractivity contribution is -0.121. The molecule has 5 N–H and O–H groups in total. The maximum absolute atomic E-state index is 11.3. The van der Waals surface area contributed by atoms with Gasteiger partial charge in [0.15, 0.2) is 5.84 Å². The first-order valence-corrected chi connectivity index (χ1v) is 5.06. The van der Waals surface area contributed by atoms with Gasteiger partial charge in [-0.05, 0) is 13.3 Å². The third kappa shape index (κ3) is 7.75. The number of nitrogens with zero attached hydrogens (tertiary/aromatic N) is 1. The van der Waals surface area contributed by atoms with Crippen LogP contribution in [-0.4, -0.2) is 36.1 Å². The summed E-state index contributed by atoms with van der Waals surface area (Å²) in [6, 6.07) is 0.210. The van der Waals surface area contributed by atoms with Crippen LogP contribution in [0.25, 0.3) is 0 Å². The van der Waals surface area contributed by atoms with Crippen molar-refractivity contribution in [1.82, 2.24) is 10.6 Å². The Kier molecular flexibility index (Phi) is 7.35. The van der Waals surface area contributed by atoms with E-state index in [1.54, 1.807) is 0 Å². The molecule has 0 heterocycles. The summed E-state index contributed by atoms with van der Waals surface area (Å²) in [5, 5.41) is 16.8. The molecule has 0 saturated heterocycles. The Hall–Kier alpha value is -1.30. The average Bonchev–Trinajstić information content (AvgIpc) is 2.23. The topological polar surface area (TPSA) is 99.7 Å². The van der Waals surface area contributed by atoms with E-state index in [0.29, 0.717) is 13.0 Å². The van der Waals surface area contributed by atoms with Gasteiger partial charge in [-0.15, -0.1) is 0 Å². The Morgan fingerprint density at radius 1 is 1.60 bits per heavy atom. The smallest absolute Gasteiger partial charge is 0.221 e. The van der Waals surface area contributed by atoms with Crippen LogP contribution in [0.5, 0.6) is 0 Å². The second kappa shape index (κ2) is 8.05. The lowest BCUT2D eigenvalue weighted by Crippen LogP contribution is -2.35. The molecule has 88 valence electrons. The molecule has 1 unspecified atom stereocenters. The quantitative estimate of drug-likeness (QED) is 0.153. The number of nitrogens with one attached hydrogen (secondary N) is 2. The number of amides is 1. The molecule has 0 fully saturated rings. The first kappa shape index (κ1) is 13.7. The molecule has 0 radical (unpaired) electrons.